The van der Waals surface area contributed by atoms with Crippen molar-refractivity contribution in [3.63, 3.8) is 0 Å². The second-order valence-electron chi connectivity index (χ2n) is 7.79. The number of rotatable bonds is 6. The van der Waals surface area contributed by atoms with Crippen molar-refractivity contribution in [2.45, 2.75) is 76.9 Å². The molecule has 2 fully saturated rings. The van der Waals surface area contributed by atoms with Gasteiger partial charge < -0.3 is 20.5 Å². The van der Waals surface area contributed by atoms with E-state index in [9.17, 15) is 4.79 Å². The molecule has 2 saturated carbocycles. The molecule has 2 atom stereocenters. The zero-order valence-electron chi connectivity index (χ0n) is 16.0. The topological polar surface area (TPSA) is 91.6 Å². The molecule has 0 radical (unpaired) electrons. The monoisotopic (exact) mass is 361 g/mol. The average Bonchev–Trinajstić information content (AvgIpc) is 3.31. The van der Waals surface area contributed by atoms with E-state index in [2.05, 4.69) is 39.9 Å². The van der Waals surface area contributed by atoms with Crippen LogP contribution in [0.4, 0.5) is 0 Å². The number of hydrogen-bond acceptors (Lipinski definition) is 4. The SMILES string of the molecule is CN=C(NCc1cc(C(C)C)no1)NC1CCCC(C(=O)NC2CC2)C1. The maximum Gasteiger partial charge on any atom is 0.223 e. The molecule has 0 bridgehead atoms. The summed E-state index contributed by atoms with van der Waals surface area (Å²) < 4.78 is 5.35. The number of amides is 1. The van der Waals surface area contributed by atoms with Crippen molar-refractivity contribution in [1.82, 2.24) is 21.1 Å². The highest BCUT2D eigenvalue weighted by Crippen LogP contribution is 2.26. The summed E-state index contributed by atoms with van der Waals surface area (Å²) in [7, 11) is 1.76. The Bertz CT molecular complexity index is 636. The van der Waals surface area contributed by atoms with Crippen LogP contribution in [0.1, 0.15) is 69.7 Å². The normalized spacial score (nSPS) is 23.8. The van der Waals surface area contributed by atoms with E-state index in [4.69, 9.17) is 4.52 Å². The second-order valence-corrected chi connectivity index (χ2v) is 7.79. The summed E-state index contributed by atoms with van der Waals surface area (Å²) in [4.78, 5) is 16.6. The van der Waals surface area contributed by atoms with Crippen LogP contribution >= 0.6 is 0 Å². The van der Waals surface area contributed by atoms with Crippen molar-refractivity contribution in [1.29, 1.82) is 0 Å². The lowest BCUT2D eigenvalue weighted by molar-refractivity contribution is -0.126. The van der Waals surface area contributed by atoms with E-state index >= 15 is 0 Å². The van der Waals surface area contributed by atoms with Crippen LogP contribution in [0.15, 0.2) is 15.6 Å². The van der Waals surface area contributed by atoms with Crippen molar-refractivity contribution < 1.29 is 9.32 Å². The lowest BCUT2D eigenvalue weighted by atomic mass is 9.85. The van der Waals surface area contributed by atoms with E-state index in [1.807, 2.05) is 6.07 Å². The quantitative estimate of drug-likeness (QED) is 0.534. The minimum absolute atomic E-state index is 0.114. The lowest BCUT2D eigenvalue weighted by Crippen LogP contribution is -2.47. The molecule has 0 spiro atoms. The Morgan fingerprint density at radius 2 is 2.08 bits per heavy atom. The molecule has 2 aliphatic rings. The fourth-order valence-electron chi connectivity index (χ4n) is 3.35. The predicted octanol–water partition coefficient (Wildman–Crippen LogP) is 2.30. The van der Waals surface area contributed by atoms with Crippen LogP contribution < -0.4 is 16.0 Å². The zero-order valence-corrected chi connectivity index (χ0v) is 16.0. The molecule has 0 aliphatic heterocycles. The Morgan fingerprint density at radius 3 is 2.73 bits per heavy atom. The molecule has 1 aromatic rings. The Balaban J connectivity index is 1.46. The second kappa shape index (κ2) is 8.56. The van der Waals surface area contributed by atoms with Gasteiger partial charge in [-0.1, -0.05) is 25.4 Å². The molecule has 1 heterocycles. The number of aliphatic imine (C=N–C) groups is 1. The molecule has 1 aromatic heterocycles. The summed E-state index contributed by atoms with van der Waals surface area (Å²) in [5, 5.41) is 13.9. The van der Waals surface area contributed by atoms with E-state index in [0.717, 1.165) is 55.9 Å². The van der Waals surface area contributed by atoms with Gasteiger partial charge in [-0.3, -0.25) is 9.79 Å². The van der Waals surface area contributed by atoms with E-state index in [1.54, 1.807) is 7.05 Å². The average molecular weight is 361 g/mol. The Morgan fingerprint density at radius 1 is 1.27 bits per heavy atom. The number of carbonyl (C=O) groups excluding carboxylic acids is 1. The summed E-state index contributed by atoms with van der Waals surface area (Å²) >= 11 is 0. The first kappa shape index (κ1) is 18.7. The van der Waals surface area contributed by atoms with Gasteiger partial charge in [-0.2, -0.15) is 0 Å². The number of nitrogens with zero attached hydrogens (tertiary/aromatic N) is 2. The molecule has 1 amide bonds. The van der Waals surface area contributed by atoms with Crippen molar-refractivity contribution in [2.24, 2.45) is 10.9 Å². The van der Waals surface area contributed by atoms with Gasteiger partial charge in [-0.05, 0) is 38.0 Å². The maximum absolute atomic E-state index is 12.3. The van der Waals surface area contributed by atoms with E-state index in [1.165, 1.54) is 0 Å². The van der Waals surface area contributed by atoms with Gasteiger partial charge >= 0.3 is 0 Å². The molecule has 2 unspecified atom stereocenters. The fourth-order valence-corrected chi connectivity index (χ4v) is 3.35. The van der Waals surface area contributed by atoms with E-state index in [0.29, 0.717) is 18.5 Å². The Labute approximate surface area is 155 Å². The van der Waals surface area contributed by atoms with Gasteiger partial charge in [0.25, 0.3) is 0 Å². The maximum atomic E-state index is 12.3. The van der Waals surface area contributed by atoms with Gasteiger partial charge in [-0.25, -0.2) is 0 Å². The number of carbonyl (C=O) groups is 1. The minimum Gasteiger partial charge on any atom is -0.359 e. The van der Waals surface area contributed by atoms with Crippen molar-refractivity contribution >= 4 is 11.9 Å². The fraction of sp³-hybridized carbons (Fsp3) is 0.737. The van der Waals surface area contributed by atoms with Gasteiger partial charge in [0.15, 0.2) is 11.7 Å². The lowest BCUT2D eigenvalue weighted by Gasteiger charge is -2.30. The molecule has 3 rings (SSSR count). The van der Waals surface area contributed by atoms with Crippen molar-refractivity contribution in [3.8, 4) is 0 Å². The number of nitrogens with one attached hydrogen (secondary N) is 3. The van der Waals surface area contributed by atoms with Gasteiger partial charge in [-0.15, -0.1) is 0 Å². The van der Waals surface area contributed by atoms with Crippen LogP contribution in [0.2, 0.25) is 0 Å². The Kier molecular flexibility index (Phi) is 6.16. The summed E-state index contributed by atoms with van der Waals surface area (Å²) in [6.45, 7) is 4.72. The van der Waals surface area contributed by atoms with Gasteiger partial charge in [0.05, 0.1) is 12.2 Å². The minimum atomic E-state index is 0.114. The van der Waals surface area contributed by atoms with E-state index < -0.39 is 0 Å². The molecule has 7 nitrogen and oxygen atoms in total. The summed E-state index contributed by atoms with van der Waals surface area (Å²) in [6.07, 6.45) is 6.25. The molecule has 7 heteroatoms. The zero-order chi connectivity index (χ0) is 18.5. The van der Waals surface area contributed by atoms with Crippen LogP contribution in [0.25, 0.3) is 0 Å². The molecule has 26 heavy (non-hydrogen) atoms. The highest BCUT2D eigenvalue weighted by molar-refractivity contribution is 5.81. The van der Waals surface area contributed by atoms with Crippen LogP contribution in [0.5, 0.6) is 0 Å². The first-order valence-electron chi connectivity index (χ1n) is 9.78. The molecular weight excluding hydrogens is 330 g/mol. The molecular formula is C19H31N5O2. The molecule has 0 saturated heterocycles. The number of hydrogen-bond donors (Lipinski definition) is 3. The van der Waals surface area contributed by atoms with Crippen LogP contribution in [0.3, 0.4) is 0 Å². The van der Waals surface area contributed by atoms with E-state index in [-0.39, 0.29) is 17.9 Å². The van der Waals surface area contributed by atoms with Crippen LogP contribution in [-0.4, -0.2) is 36.2 Å². The first-order valence-corrected chi connectivity index (χ1v) is 9.78. The first-order chi connectivity index (χ1) is 12.5. The summed E-state index contributed by atoms with van der Waals surface area (Å²) in [5.74, 6) is 2.22. The van der Waals surface area contributed by atoms with Crippen molar-refractivity contribution in [3.05, 3.63) is 17.5 Å². The molecule has 144 valence electrons. The standard InChI is InChI=1S/C19H31N5O2/c1-12(2)17-10-16(26-24-17)11-21-19(20-3)23-15-6-4-5-13(9-15)18(25)22-14-7-8-14/h10,12-15H,4-9,11H2,1-3H3,(H,22,25)(H2,20,21,23). The third-order valence-electron chi connectivity index (χ3n) is 5.13. The number of aromatic nitrogens is 1. The largest absolute Gasteiger partial charge is 0.359 e. The van der Waals surface area contributed by atoms with Gasteiger partial charge in [0.2, 0.25) is 5.91 Å². The highest BCUT2D eigenvalue weighted by atomic mass is 16.5. The molecule has 0 aromatic carbocycles. The van der Waals surface area contributed by atoms with Gasteiger partial charge in [0, 0.05) is 31.1 Å². The summed E-state index contributed by atoms with van der Waals surface area (Å²) in [5.41, 5.74) is 0.960. The molecule has 2 aliphatic carbocycles. The smallest absolute Gasteiger partial charge is 0.223 e. The van der Waals surface area contributed by atoms with Crippen LogP contribution in [0, 0.1) is 5.92 Å². The van der Waals surface area contributed by atoms with Gasteiger partial charge in [0.1, 0.15) is 0 Å². The predicted molar refractivity (Wildman–Crippen MR) is 101 cm³/mol. The highest BCUT2D eigenvalue weighted by Gasteiger charge is 2.31. The Hall–Kier alpha value is -2.05. The summed E-state index contributed by atoms with van der Waals surface area (Å²) in [6, 6.07) is 2.68. The van der Waals surface area contributed by atoms with Crippen molar-refractivity contribution in [2.75, 3.05) is 7.05 Å². The third kappa shape index (κ3) is 5.22. The number of guanidine groups is 1. The van der Waals surface area contributed by atoms with Crippen LogP contribution in [-0.2, 0) is 11.3 Å². The molecule has 3 N–H and O–H groups in total. The third-order valence-corrected chi connectivity index (χ3v) is 5.13.